The molecular weight excluding hydrogens is 308 g/mol. The Morgan fingerprint density at radius 2 is 2.16 bits per heavy atom. The molecule has 1 aromatic carbocycles. The average Bonchev–Trinajstić information content (AvgIpc) is 2.43. The highest BCUT2D eigenvalue weighted by molar-refractivity contribution is 9.10. The number of rotatable bonds is 2. The van der Waals surface area contributed by atoms with Crippen LogP contribution < -0.4 is 5.32 Å². The third-order valence-electron chi connectivity index (χ3n) is 3.44. The van der Waals surface area contributed by atoms with Crippen LogP contribution in [-0.2, 0) is 9.53 Å². The van der Waals surface area contributed by atoms with Gasteiger partial charge >= 0.3 is 0 Å². The highest BCUT2D eigenvalue weighted by Gasteiger charge is 2.40. The first-order valence-electron chi connectivity index (χ1n) is 6.14. The van der Waals surface area contributed by atoms with Crippen molar-refractivity contribution in [2.24, 2.45) is 5.41 Å². The molecule has 0 spiro atoms. The zero-order valence-electron chi connectivity index (χ0n) is 10.7. The molecule has 0 radical (unpaired) electrons. The highest BCUT2D eigenvalue weighted by atomic mass is 79.9. The Bertz CT molecular complexity index is 531. The summed E-state index contributed by atoms with van der Waals surface area (Å²) in [5.41, 5.74) is 0.740. The minimum absolute atomic E-state index is 0.237. The summed E-state index contributed by atoms with van der Waals surface area (Å²) in [4.78, 5) is 12.4. The minimum atomic E-state index is -0.965. The maximum Gasteiger partial charge on any atom is 0.245 e. The molecule has 100 valence electrons. The third-order valence-corrected chi connectivity index (χ3v) is 3.94. The lowest BCUT2D eigenvalue weighted by Gasteiger charge is -2.29. The van der Waals surface area contributed by atoms with Gasteiger partial charge in [0.15, 0.2) is 0 Å². The van der Waals surface area contributed by atoms with Crippen molar-refractivity contribution in [1.29, 1.82) is 5.26 Å². The fourth-order valence-electron chi connectivity index (χ4n) is 2.08. The van der Waals surface area contributed by atoms with E-state index >= 15 is 0 Å². The second-order valence-corrected chi connectivity index (χ2v) is 5.64. The Hall–Kier alpha value is -1.38. The Morgan fingerprint density at radius 3 is 2.79 bits per heavy atom. The largest absolute Gasteiger partial charge is 0.381 e. The lowest BCUT2D eigenvalue weighted by atomic mass is 9.81. The monoisotopic (exact) mass is 322 g/mol. The molecule has 2 rings (SSSR count). The van der Waals surface area contributed by atoms with E-state index in [2.05, 4.69) is 27.3 Å². The number of hydrogen-bond donors (Lipinski definition) is 1. The van der Waals surface area contributed by atoms with Crippen molar-refractivity contribution >= 4 is 27.5 Å². The lowest BCUT2D eigenvalue weighted by Crippen LogP contribution is -2.40. The topological polar surface area (TPSA) is 62.1 Å². The lowest BCUT2D eigenvalue weighted by molar-refractivity contribution is -0.126. The van der Waals surface area contributed by atoms with Crippen molar-refractivity contribution < 1.29 is 9.53 Å². The van der Waals surface area contributed by atoms with Gasteiger partial charge in [-0.1, -0.05) is 22.0 Å². The minimum Gasteiger partial charge on any atom is -0.381 e. The number of hydrogen-bond acceptors (Lipinski definition) is 3. The van der Waals surface area contributed by atoms with Crippen LogP contribution in [0.2, 0.25) is 0 Å². The maximum absolute atomic E-state index is 12.4. The van der Waals surface area contributed by atoms with Gasteiger partial charge in [0.25, 0.3) is 0 Å². The van der Waals surface area contributed by atoms with Crippen LogP contribution in [0.25, 0.3) is 0 Å². The van der Waals surface area contributed by atoms with Crippen LogP contribution in [0.15, 0.2) is 22.7 Å². The fourth-order valence-corrected chi connectivity index (χ4v) is 2.44. The van der Waals surface area contributed by atoms with Crippen LogP contribution in [0, 0.1) is 23.7 Å². The first-order valence-corrected chi connectivity index (χ1v) is 6.93. The molecule has 4 nitrogen and oxygen atoms in total. The van der Waals surface area contributed by atoms with Gasteiger partial charge in [-0.3, -0.25) is 4.79 Å². The van der Waals surface area contributed by atoms with Crippen LogP contribution in [0.4, 0.5) is 5.69 Å². The van der Waals surface area contributed by atoms with Gasteiger partial charge in [-0.05, 0) is 37.5 Å². The van der Waals surface area contributed by atoms with Gasteiger partial charge in [-0.15, -0.1) is 0 Å². The summed E-state index contributed by atoms with van der Waals surface area (Å²) in [5.74, 6) is -0.237. The summed E-state index contributed by atoms with van der Waals surface area (Å²) in [6, 6.07) is 7.85. The molecule has 1 saturated heterocycles. The number of nitriles is 1. The SMILES string of the molecule is Cc1ccc(Br)cc1NC(=O)C1(C#N)CCOCC1. The number of ether oxygens (including phenoxy) is 1. The van der Waals surface area contributed by atoms with Crippen LogP contribution in [-0.4, -0.2) is 19.1 Å². The number of aryl methyl sites for hydroxylation is 1. The van der Waals surface area contributed by atoms with Crippen molar-refractivity contribution in [3.05, 3.63) is 28.2 Å². The molecule has 0 atom stereocenters. The number of amides is 1. The van der Waals surface area contributed by atoms with Crippen LogP contribution in [0.3, 0.4) is 0 Å². The van der Waals surface area contributed by atoms with E-state index in [9.17, 15) is 10.1 Å². The first-order chi connectivity index (χ1) is 9.07. The van der Waals surface area contributed by atoms with E-state index in [1.54, 1.807) is 0 Å². The zero-order chi connectivity index (χ0) is 13.9. The first kappa shape index (κ1) is 14.0. The van der Waals surface area contributed by atoms with Gasteiger partial charge < -0.3 is 10.1 Å². The summed E-state index contributed by atoms with van der Waals surface area (Å²) >= 11 is 3.38. The van der Waals surface area contributed by atoms with Gasteiger partial charge in [-0.2, -0.15) is 5.26 Å². The molecule has 0 aromatic heterocycles. The predicted octanol–water partition coefficient (Wildman–Crippen LogP) is 3.02. The van der Waals surface area contributed by atoms with Gasteiger partial charge in [0.2, 0.25) is 5.91 Å². The van der Waals surface area contributed by atoms with E-state index in [4.69, 9.17) is 4.74 Å². The molecule has 0 unspecified atom stereocenters. The molecule has 1 heterocycles. The van der Waals surface area contributed by atoms with Gasteiger partial charge in [0, 0.05) is 23.4 Å². The molecule has 5 heteroatoms. The smallest absolute Gasteiger partial charge is 0.245 e. The summed E-state index contributed by atoms with van der Waals surface area (Å²) in [5, 5.41) is 12.2. The number of carbonyl (C=O) groups is 1. The second kappa shape index (κ2) is 5.72. The van der Waals surface area contributed by atoms with E-state index in [1.807, 2.05) is 25.1 Å². The standard InChI is InChI=1S/C14H15BrN2O2/c1-10-2-3-11(15)8-12(10)17-13(18)14(9-16)4-6-19-7-5-14/h2-3,8H,4-7H2,1H3,(H,17,18). The maximum atomic E-state index is 12.4. The molecule has 1 amide bonds. The Labute approximate surface area is 120 Å². The van der Waals surface area contributed by atoms with E-state index < -0.39 is 5.41 Å². The van der Waals surface area contributed by atoms with Crippen LogP contribution >= 0.6 is 15.9 Å². The molecule has 0 bridgehead atoms. The van der Waals surface area contributed by atoms with E-state index in [-0.39, 0.29) is 5.91 Å². The number of nitrogens with zero attached hydrogens (tertiary/aromatic N) is 1. The van der Waals surface area contributed by atoms with E-state index in [1.165, 1.54) is 0 Å². The fraction of sp³-hybridized carbons (Fsp3) is 0.429. The normalized spacial score (nSPS) is 17.5. The zero-order valence-corrected chi connectivity index (χ0v) is 12.3. The highest BCUT2D eigenvalue weighted by Crippen LogP contribution is 2.32. The van der Waals surface area contributed by atoms with Crippen LogP contribution in [0.5, 0.6) is 0 Å². The molecule has 1 aliphatic heterocycles. The predicted molar refractivity (Wildman–Crippen MR) is 75.6 cm³/mol. The second-order valence-electron chi connectivity index (χ2n) is 4.72. The Morgan fingerprint density at radius 1 is 1.47 bits per heavy atom. The quantitative estimate of drug-likeness (QED) is 0.910. The molecule has 0 saturated carbocycles. The molecule has 1 aliphatic rings. The number of carbonyl (C=O) groups excluding carboxylic acids is 1. The molecule has 1 aromatic rings. The molecule has 1 fully saturated rings. The van der Waals surface area contributed by atoms with Gasteiger partial charge in [0.05, 0.1) is 6.07 Å². The van der Waals surface area contributed by atoms with Crippen molar-refractivity contribution in [2.75, 3.05) is 18.5 Å². The van der Waals surface area contributed by atoms with Gasteiger partial charge in [0.1, 0.15) is 5.41 Å². The Kier molecular flexibility index (Phi) is 4.23. The van der Waals surface area contributed by atoms with Gasteiger partial charge in [-0.25, -0.2) is 0 Å². The summed E-state index contributed by atoms with van der Waals surface area (Å²) in [7, 11) is 0. The number of nitrogens with one attached hydrogen (secondary N) is 1. The van der Waals surface area contributed by atoms with E-state index in [0.29, 0.717) is 26.1 Å². The third kappa shape index (κ3) is 2.96. The number of halogens is 1. The number of anilines is 1. The average molecular weight is 323 g/mol. The molecule has 19 heavy (non-hydrogen) atoms. The summed E-state index contributed by atoms with van der Waals surface area (Å²) in [6.45, 7) is 2.84. The van der Waals surface area contributed by atoms with E-state index in [0.717, 1.165) is 15.7 Å². The summed E-state index contributed by atoms with van der Waals surface area (Å²) < 4.78 is 6.13. The molecule has 0 aliphatic carbocycles. The van der Waals surface area contributed by atoms with Crippen molar-refractivity contribution in [1.82, 2.24) is 0 Å². The van der Waals surface area contributed by atoms with Crippen LogP contribution in [0.1, 0.15) is 18.4 Å². The van der Waals surface area contributed by atoms with Crippen molar-refractivity contribution in [3.8, 4) is 6.07 Å². The Balaban J connectivity index is 2.20. The van der Waals surface area contributed by atoms with Crippen molar-refractivity contribution in [3.63, 3.8) is 0 Å². The summed E-state index contributed by atoms with van der Waals surface area (Å²) in [6.07, 6.45) is 0.894. The molecular formula is C14H15BrN2O2. The molecule has 1 N–H and O–H groups in total. The number of benzene rings is 1. The van der Waals surface area contributed by atoms with Crippen molar-refractivity contribution in [2.45, 2.75) is 19.8 Å².